The number of fused-ring (bicyclic) bond motifs is 3. The number of benzene rings is 8. The first-order valence-electron chi connectivity index (χ1n) is 18.4. The van der Waals surface area contributed by atoms with Gasteiger partial charge in [0.25, 0.3) is 0 Å². The lowest BCUT2D eigenvalue weighted by atomic mass is 10.1. The lowest BCUT2D eigenvalue weighted by Crippen LogP contribution is -2.84. The van der Waals surface area contributed by atoms with Crippen molar-refractivity contribution in [2.24, 2.45) is 0 Å². The van der Waals surface area contributed by atoms with Crippen molar-refractivity contribution in [2.75, 3.05) is 0 Å². The zero-order valence-corrected chi connectivity index (χ0v) is 32.9. The molecular formula is C50H40SSi2. The topological polar surface area (TPSA) is 0 Å². The van der Waals surface area contributed by atoms with Crippen molar-refractivity contribution in [3.8, 4) is 0 Å². The zero-order chi connectivity index (χ0) is 35.8. The summed E-state index contributed by atoms with van der Waals surface area (Å²) < 4.78 is 2.70. The summed E-state index contributed by atoms with van der Waals surface area (Å²) in [5.74, 6) is 0. The van der Waals surface area contributed by atoms with E-state index in [0.29, 0.717) is 0 Å². The molecule has 0 nitrogen and oxygen atoms in total. The Morgan fingerprint density at radius 1 is 0.302 bits per heavy atom. The molecule has 0 spiro atoms. The highest BCUT2D eigenvalue weighted by atomic mass is 32.1. The van der Waals surface area contributed by atoms with Crippen LogP contribution in [0, 0.1) is 13.8 Å². The van der Waals surface area contributed by atoms with E-state index in [1.807, 2.05) is 11.3 Å². The Bertz CT molecular complexity index is 2460. The highest BCUT2D eigenvalue weighted by molar-refractivity contribution is 7.29. The van der Waals surface area contributed by atoms with Crippen LogP contribution in [-0.2, 0) is 0 Å². The van der Waals surface area contributed by atoms with Crippen LogP contribution >= 0.6 is 11.3 Å². The monoisotopic (exact) mass is 728 g/mol. The average molecular weight is 729 g/mol. The number of aryl methyl sites for hydroxylation is 2. The molecule has 3 heteroatoms. The molecule has 8 aromatic carbocycles. The Labute approximate surface area is 318 Å². The van der Waals surface area contributed by atoms with Gasteiger partial charge in [0, 0.05) is 20.2 Å². The molecule has 0 aliphatic heterocycles. The van der Waals surface area contributed by atoms with Crippen LogP contribution in [0.25, 0.3) is 20.2 Å². The molecule has 0 N–H and O–H groups in total. The summed E-state index contributed by atoms with van der Waals surface area (Å²) in [4.78, 5) is 0. The molecule has 0 aliphatic rings. The number of hydrogen-bond acceptors (Lipinski definition) is 1. The summed E-state index contributed by atoms with van der Waals surface area (Å²) in [6.45, 7) is 4.50. The van der Waals surface area contributed by atoms with Gasteiger partial charge in [-0.2, -0.15) is 0 Å². The second kappa shape index (κ2) is 13.8. The summed E-state index contributed by atoms with van der Waals surface area (Å²) in [7, 11) is -6.02. The summed E-state index contributed by atoms with van der Waals surface area (Å²) in [6, 6.07) is 78.8. The Balaban J connectivity index is 1.58. The van der Waals surface area contributed by atoms with Crippen LogP contribution in [0.1, 0.15) is 11.1 Å². The molecule has 1 aromatic heterocycles. The van der Waals surface area contributed by atoms with Gasteiger partial charge in [0.15, 0.2) is 16.1 Å². The number of thiophene rings is 1. The summed E-state index contributed by atoms with van der Waals surface area (Å²) >= 11 is 1.94. The zero-order valence-electron chi connectivity index (χ0n) is 30.0. The van der Waals surface area contributed by atoms with E-state index in [1.54, 1.807) is 0 Å². The van der Waals surface area contributed by atoms with E-state index in [4.69, 9.17) is 0 Å². The van der Waals surface area contributed by atoms with Gasteiger partial charge in [0.1, 0.15) is 0 Å². The third kappa shape index (κ3) is 5.38. The van der Waals surface area contributed by atoms with Gasteiger partial charge in [-0.05, 0) is 84.7 Å². The third-order valence-electron chi connectivity index (χ3n) is 11.3. The highest BCUT2D eigenvalue weighted by Crippen LogP contribution is 2.35. The molecule has 0 bridgehead atoms. The number of hydrogen-bond donors (Lipinski definition) is 0. The maximum atomic E-state index is 2.66. The molecule has 0 fully saturated rings. The van der Waals surface area contributed by atoms with Crippen LogP contribution in [0.4, 0.5) is 0 Å². The van der Waals surface area contributed by atoms with Gasteiger partial charge in [0.05, 0.1) is 0 Å². The molecule has 254 valence electrons. The van der Waals surface area contributed by atoms with Crippen LogP contribution in [0.2, 0.25) is 0 Å². The third-order valence-corrected chi connectivity index (χ3v) is 22.3. The minimum Gasteiger partial charge on any atom is -0.135 e. The van der Waals surface area contributed by atoms with E-state index in [2.05, 4.69) is 220 Å². The standard InChI is InChI=1S/C50H40SSi2/c1-37-33-45-46-35-49(52(39-21-9-3-10-22-39,40-23-11-4-12-24-40)41-25-13-5-14-26-41)50(36-48(46)51-47(45)34-38(37)2)53(42-27-15-6-16-28-42,43-29-17-7-18-30-43)44-31-19-8-20-32-44/h3-36H,1-2H3. The fourth-order valence-corrected chi connectivity index (χ4v) is 20.9. The quantitative estimate of drug-likeness (QED) is 0.113. The summed E-state index contributed by atoms with van der Waals surface area (Å²) in [6.07, 6.45) is 0. The van der Waals surface area contributed by atoms with Gasteiger partial charge in [-0.25, -0.2) is 0 Å². The molecular weight excluding hydrogens is 689 g/mol. The fraction of sp³-hybridized carbons (Fsp3) is 0.0400. The molecule has 0 unspecified atom stereocenters. The first-order chi connectivity index (χ1) is 26.1. The molecule has 0 saturated carbocycles. The van der Waals surface area contributed by atoms with Crippen molar-refractivity contribution in [1.82, 2.24) is 0 Å². The van der Waals surface area contributed by atoms with E-state index in [9.17, 15) is 0 Å². The van der Waals surface area contributed by atoms with Gasteiger partial charge >= 0.3 is 0 Å². The van der Waals surface area contributed by atoms with Crippen LogP contribution in [0.3, 0.4) is 0 Å². The molecule has 9 aromatic rings. The van der Waals surface area contributed by atoms with Gasteiger partial charge in [0.2, 0.25) is 0 Å². The minimum absolute atomic E-state index is 1.34. The normalized spacial score (nSPS) is 12.0. The van der Waals surface area contributed by atoms with Crippen LogP contribution in [0.15, 0.2) is 206 Å². The molecule has 0 atom stereocenters. The Kier molecular flexibility index (Phi) is 8.63. The average Bonchev–Trinajstić information content (AvgIpc) is 3.57. The predicted molar refractivity (Wildman–Crippen MR) is 236 cm³/mol. The molecule has 9 rings (SSSR count). The van der Waals surface area contributed by atoms with Crippen molar-refractivity contribution in [3.05, 3.63) is 217 Å². The van der Waals surface area contributed by atoms with E-state index < -0.39 is 16.1 Å². The van der Waals surface area contributed by atoms with Crippen molar-refractivity contribution in [1.29, 1.82) is 0 Å². The second-order valence-corrected chi connectivity index (χ2v) is 22.8. The SMILES string of the molecule is Cc1cc2sc3cc([Si](c4ccccc4)(c4ccccc4)c4ccccc4)c([Si](c4ccccc4)(c4ccccc4)c4ccccc4)cc3c2cc1C. The van der Waals surface area contributed by atoms with Crippen molar-refractivity contribution in [3.63, 3.8) is 0 Å². The van der Waals surface area contributed by atoms with Gasteiger partial charge in [-0.1, -0.05) is 188 Å². The first kappa shape index (κ1) is 33.3. The van der Waals surface area contributed by atoms with Crippen LogP contribution in [-0.4, -0.2) is 16.1 Å². The Morgan fingerprint density at radius 2 is 0.566 bits per heavy atom. The van der Waals surface area contributed by atoms with Gasteiger partial charge in [-0.15, -0.1) is 11.3 Å². The van der Waals surface area contributed by atoms with Crippen LogP contribution in [0.5, 0.6) is 0 Å². The lowest BCUT2D eigenvalue weighted by Gasteiger charge is -2.42. The summed E-state index contributed by atoms with van der Waals surface area (Å²) in [5, 5.41) is 14.0. The van der Waals surface area contributed by atoms with Crippen LogP contribution < -0.4 is 41.5 Å². The van der Waals surface area contributed by atoms with Crippen molar-refractivity contribution in [2.45, 2.75) is 13.8 Å². The predicted octanol–water partition coefficient (Wildman–Crippen LogP) is 7.43. The largest absolute Gasteiger partial charge is 0.179 e. The smallest absolute Gasteiger partial charge is 0.135 e. The molecule has 0 saturated heterocycles. The van der Waals surface area contributed by atoms with E-state index in [0.717, 1.165) is 0 Å². The minimum atomic E-state index is -3.02. The van der Waals surface area contributed by atoms with E-state index >= 15 is 0 Å². The highest BCUT2D eigenvalue weighted by Gasteiger charge is 2.50. The molecule has 1 heterocycles. The Hall–Kier alpha value is -5.59. The molecule has 0 aliphatic carbocycles. The second-order valence-electron chi connectivity index (χ2n) is 14.1. The van der Waals surface area contributed by atoms with E-state index in [1.165, 1.54) is 72.8 Å². The molecule has 0 amide bonds. The van der Waals surface area contributed by atoms with Gasteiger partial charge < -0.3 is 0 Å². The first-order valence-corrected chi connectivity index (χ1v) is 23.2. The maximum absolute atomic E-state index is 3.02. The maximum Gasteiger partial charge on any atom is 0.179 e. The van der Waals surface area contributed by atoms with E-state index in [-0.39, 0.29) is 0 Å². The summed E-state index contributed by atoms with van der Waals surface area (Å²) in [5.41, 5.74) is 2.68. The van der Waals surface area contributed by atoms with Crippen molar-refractivity contribution >= 4 is 89.2 Å². The Morgan fingerprint density at radius 3 is 0.906 bits per heavy atom. The fourth-order valence-electron chi connectivity index (χ4n) is 8.76. The number of rotatable bonds is 8. The van der Waals surface area contributed by atoms with Crippen molar-refractivity contribution < 1.29 is 0 Å². The lowest BCUT2D eigenvalue weighted by molar-refractivity contribution is 1.37. The molecule has 0 radical (unpaired) electrons. The van der Waals surface area contributed by atoms with Gasteiger partial charge in [-0.3, -0.25) is 0 Å². The molecule has 53 heavy (non-hydrogen) atoms.